The van der Waals surface area contributed by atoms with Crippen LogP contribution in [0.5, 0.6) is 0 Å². The lowest BCUT2D eigenvalue weighted by Crippen LogP contribution is -2.17. The van der Waals surface area contributed by atoms with E-state index in [1.54, 1.807) is 0 Å². The summed E-state index contributed by atoms with van der Waals surface area (Å²) in [6.45, 7) is 1.83. The van der Waals surface area contributed by atoms with Gasteiger partial charge < -0.3 is 11.2 Å². The molecule has 0 atom stereocenters. The molecule has 1 amide bonds. The zero-order valence-corrected chi connectivity index (χ0v) is 20.2. The van der Waals surface area contributed by atoms with Crippen LogP contribution in [0.4, 0.5) is 24.8 Å². The van der Waals surface area contributed by atoms with E-state index in [9.17, 15) is 18.0 Å². The summed E-state index contributed by atoms with van der Waals surface area (Å²) in [6, 6.07) is 17.1. The highest BCUT2D eigenvalue weighted by Crippen LogP contribution is 2.36. The molecule has 3 aromatic carbocycles. The summed E-state index contributed by atoms with van der Waals surface area (Å²) in [5.74, 6) is 5.41. The van der Waals surface area contributed by atoms with Crippen molar-refractivity contribution in [3.8, 4) is 0 Å². The van der Waals surface area contributed by atoms with E-state index in [1.807, 2.05) is 49.4 Å². The monoisotopic (exact) mass is 533 g/mol. The number of thioether (sulfide) groups is 1. The normalized spacial score (nSPS) is 12.1. The molecule has 0 saturated carbocycles. The van der Waals surface area contributed by atoms with E-state index in [0.717, 1.165) is 44.9 Å². The van der Waals surface area contributed by atoms with Crippen molar-refractivity contribution in [3.63, 3.8) is 0 Å². The van der Waals surface area contributed by atoms with E-state index in [4.69, 9.17) is 17.4 Å². The van der Waals surface area contributed by atoms with Gasteiger partial charge in [0.2, 0.25) is 11.1 Å². The number of halogens is 4. The van der Waals surface area contributed by atoms with Crippen LogP contribution in [-0.2, 0) is 11.0 Å². The van der Waals surface area contributed by atoms with Crippen LogP contribution < -0.4 is 16.6 Å². The average Bonchev–Trinajstić information content (AvgIpc) is 3.20. The maximum Gasteiger partial charge on any atom is 0.417 e. The molecular formula is C23H19ClF3N7OS. The highest BCUT2D eigenvalue weighted by Gasteiger charge is 2.33. The number of amides is 1. The first-order valence-electron chi connectivity index (χ1n) is 10.4. The van der Waals surface area contributed by atoms with Crippen LogP contribution in [0, 0.1) is 0 Å². The lowest BCUT2D eigenvalue weighted by Gasteiger charge is -2.11. The van der Waals surface area contributed by atoms with Gasteiger partial charge in [0.05, 0.1) is 22.1 Å². The van der Waals surface area contributed by atoms with Crippen molar-refractivity contribution in [2.24, 2.45) is 5.10 Å². The molecule has 4 N–H and O–H groups in total. The van der Waals surface area contributed by atoms with E-state index >= 15 is 0 Å². The smallest absolute Gasteiger partial charge is 0.334 e. The Balaban J connectivity index is 1.36. The first-order chi connectivity index (χ1) is 17.1. The van der Waals surface area contributed by atoms with Crippen molar-refractivity contribution in [2.75, 3.05) is 22.3 Å². The molecule has 0 bridgehead atoms. The minimum Gasteiger partial charge on any atom is -0.334 e. The Kier molecular flexibility index (Phi) is 7.36. The molecular weight excluding hydrogens is 515 g/mol. The number of carbonyl (C=O) groups excluding carboxylic acids is 1. The van der Waals surface area contributed by atoms with E-state index in [2.05, 4.69) is 26.0 Å². The molecule has 0 spiro atoms. The Labute approximate surface area is 212 Å². The molecule has 0 unspecified atom stereocenters. The van der Waals surface area contributed by atoms with Gasteiger partial charge in [0.1, 0.15) is 0 Å². The summed E-state index contributed by atoms with van der Waals surface area (Å²) in [5.41, 5.74) is 3.28. The molecule has 1 aromatic heterocycles. The van der Waals surface area contributed by atoms with Gasteiger partial charge >= 0.3 is 6.18 Å². The van der Waals surface area contributed by atoms with Gasteiger partial charge in [0.15, 0.2) is 0 Å². The number of alkyl halides is 3. The van der Waals surface area contributed by atoms with Crippen molar-refractivity contribution in [2.45, 2.75) is 18.3 Å². The third-order valence-corrected chi connectivity index (χ3v) is 6.32. The van der Waals surface area contributed by atoms with Crippen LogP contribution in [0.15, 0.2) is 70.9 Å². The first-order valence-corrected chi connectivity index (χ1v) is 11.8. The molecule has 186 valence electrons. The number of rotatable bonds is 7. The second kappa shape index (κ2) is 10.5. The lowest BCUT2D eigenvalue weighted by molar-refractivity contribution is -0.137. The van der Waals surface area contributed by atoms with Gasteiger partial charge in [-0.05, 0) is 47.5 Å². The molecule has 0 aliphatic rings. The second-order valence-corrected chi connectivity index (χ2v) is 8.93. The zero-order valence-electron chi connectivity index (χ0n) is 18.7. The number of hydrogen-bond donors (Lipinski definition) is 3. The lowest BCUT2D eigenvalue weighted by atomic mass is 10.0. The highest BCUT2D eigenvalue weighted by atomic mass is 35.5. The van der Waals surface area contributed by atoms with E-state index in [-0.39, 0.29) is 22.5 Å². The van der Waals surface area contributed by atoms with E-state index in [1.165, 1.54) is 6.07 Å². The SMILES string of the molecule is C/C(=N\Nc1nnc(SCC(=O)Nc2ccc(Cl)c(C(F)(F)F)c2)n1N)c1ccc2ccccc2c1. The van der Waals surface area contributed by atoms with Crippen LogP contribution in [0.2, 0.25) is 5.02 Å². The van der Waals surface area contributed by atoms with Crippen molar-refractivity contribution >= 4 is 57.4 Å². The largest absolute Gasteiger partial charge is 0.417 e. The van der Waals surface area contributed by atoms with Gasteiger partial charge in [-0.1, -0.05) is 59.8 Å². The second-order valence-electron chi connectivity index (χ2n) is 7.58. The number of fused-ring (bicyclic) bond motifs is 1. The third kappa shape index (κ3) is 5.89. The Morgan fingerprint density at radius 1 is 1.11 bits per heavy atom. The van der Waals surface area contributed by atoms with Gasteiger partial charge in [-0.25, -0.2) is 10.1 Å². The molecule has 13 heteroatoms. The fourth-order valence-electron chi connectivity index (χ4n) is 3.21. The van der Waals surface area contributed by atoms with Crippen molar-refractivity contribution < 1.29 is 18.0 Å². The minimum absolute atomic E-state index is 0.0348. The average molecular weight is 534 g/mol. The number of hydrazone groups is 1. The van der Waals surface area contributed by atoms with Gasteiger partial charge in [-0.2, -0.15) is 18.3 Å². The Bertz CT molecular complexity index is 1460. The van der Waals surface area contributed by atoms with Crippen LogP contribution in [0.3, 0.4) is 0 Å². The fourth-order valence-corrected chi connectivity index (χ4v) is 4.09. The molecule has 4 rings (SSSR count). The number of benzene rings is 3. The molecule has 0 fully saturated rings. The van der Waals surface area contributed by atoms with Gasteiger partial charge in [-0.15, -0.1) is 10.2 Å². The van der Waals surface area contributed by atoms with Crippen LogP contribution in [0.25, 0.3) is 10.8 Å². The van der Waals surface area contributed by atoms with E-state index in [0.29, 0.717) is 5.71 Å². The number of hydrogen-bond acceptors (Lipinski definition) is 7. The molecule has 0 saturated heterocycles. The number of carbonyl (C=O) groups is 1. The quantitative estimate of drug-likeness (QED) is 0.127. The highest BCUT2D eigenvalue weighted by molar-refractivity contribution is 7.99. The van der Waals surface area contributed by atoms with Crippen LogP contribution in [0.1, 0.15) is 18.1 Å². The molecule has 0 aliphatic heterocycles. The number of aromatic nitrogens is 3. The van der Waals surface area contributed by atoms with Crippen molar-refractivity contribution in [3.05, 3.63) is 76.8 Å². The summed E-state index contributed by atoms with van der Waals surface area (Å²) in [7, 11) is 0. The predicted molar refractivity (Wildman–Crippen MR) is 136 cm³/mol. The summed E-state index contributed by atoms with van der Waals surface area (Å²) in [4.78, 5) is 12.2. The maximum absolute atomic E-state index is 13.0. The third-order valence-electron chi connectivity index (χ3n) is 5.04. The van der Waals surface area contributed by atoms with E-state index < -0.39 is 22.7 Å². The fraction of sp³-hybridized carbons (Fsp3) is 0.130. The summed E-state index contributed by atoms with van der Waals surface area (Å²) in [5, 5.41) is 16.5. The topological polar surface area (TPSA) is 110 Å². The standard InChI is InChI=1S/C23H19ClF3N7OS/c1-13(15-7-6-14-4-2-3-5-16(14)10-15)30-31-21-32-33-22(34(21)28)36-12-20(35)29-17-8-9-19(24)18(11-17)23(25,26)27/h2-11H,12,28H2,1H3,(H,29,35)(H,31,32)/b30-13+. The minimum atomic E-state index is -4.64. The van der Waals surface area contributed by atoms with Crippen LogP contribution in [-0.4, -0.2) is 32.2 Å². The molecule has 36 heavy (non-hydrogen) atoms. The summed E-state index contributed by atoms with van der Waals surface area (Å²) < 4.78 is 40.1. The summed E-state index contributed by atoms with van der Waals surface area (Å²) in [6.07, 6.45) is -4.64. The Morgan fingerprint density at radius 2 is 1.86 bits per heavy atom. The number of nitrogens with two attached hydrogens (primary N) is 1. The van der Waals surface area contributed by atoms with Crippen LogP contribution >= 0.6 is 23.4 Å². The first kappa shape index (κ1) is 25.3. The van der Waals surface area contributed by atoms with Gasteiger partial charge in [0.25, 0.3) is 5.95 Å². The molecule has 0 aliphatic carbocycles. The zero-order chi connectivity index (χ0) is 25.9. The van der Waals surface area contributed by atoms with Gasteiger partial charge in [0, 0.05) is 5.69 Å². The predicted octanol–water partition coefficient (Wildman–Crippen LogP) is 5.38. The van der Waals surface area contributed by atoms with Crippen molar-refractivity contribution in [1.29, 1.82) is 0 Å². The molecule has 1 heterocycles. The maximum atomic E-state index is 13.0. The molecule has 8 nitrogen and oxygen atoms in total. The van der Waals surface area contributed by atoms with Crippen molar-refractivity contribution in [1.82, 2.24) is 14.9 Å². The Hall–Kier alpha value is -3.77. The Morgan fingerprint density at radius 3 is 2.61 bits per heavy atom. The number of nitrogen functional groups attached to an aromatic ring is 1. The molecule has 4 aromatic rings. The summed E-state index contributed by atoms with van der Waals surface area (Å²) >= 11 is 6.55. The molecule has 0 radical (unpaired) electrons. The number of anilines is 2. The number of nitrogens with zero attached hydrogens (tertiary/aromatic N) is 4. The number of nitrogens with one attached hydrogen (secondary N) is 2. The van der Waals surface area contributed by atoms with Gasteiger partial charge in [-0.3, -0.25) is 4.79 Å².